The first-order chi connectivity index (χ1) is 18.6. The summed E-state index contributed by atoms with van der Waals surface area (Å²) in [6.07, 6.45) is -1.27. The van der Waals surface area contributed by atoms with Gasteiger partial charge in [0.15, 0.2) is 0 Å². The highest BCUT2D eigenvalue weighted by Gasteiger charge is 2.28. The number of rotatable bonds is 7. The molecule has 39 heavy (non-hydrogen) atoms. The van der Waals surface area contributed by atoms with E-state index in [0.717, 1.165) is 22.7 Å². The number of aryl methyl sites for hydroxylation is 2. The van der Waals surface area contributed by atoms with Crippen LogP contribution >= 0.6 is 11.3 Å². The first-order valence-electron chi connectivity index (χ1n) is 12.1. The molecule has 0 aliphatic rings. The van der Waals surface area contributed by atoms with Gasteiger partial charge in [0.2, 0.25) is 0 Å². The number of benzene rings is 1. The van der Waals surface area contributed by atoms with Gasteiger partial charge in [-0.2, -0.15) is 10.2 Å². The Balaban J connectivity index is 1.70. The number of hydrogen-bond acceptors (Lipinski definition) is 6. The van der Waals surface area contributed by atoms with Crippen LogP contribution in [0, 0.1) is 20.8 Å². The van der Waals surface area contributed by atoms with Crippen LogP contribution in [0.1, 0.15) is 56.2 Å². The van der Waals surface area contributed by atoms with Crippen LogP contribution in [0.25, 0.3) is 27.0 Å². The average molecular weight is 550 g/mol. The fourth-order valence-corrected chi connectivity index (χ4v) is 5.75. The summed E-state index contributed by atoms with van der Waals surface area (Å²) in [5.74, 6) is -1.33. The number of anilines is 1. The maximum absolute atomic E-state index is 13.8. The standard InChI is InChI=1S/C27H25F2N7O2S/c1-5-35-14(3)18(12-31-35)17-11-19(24(28)29)32-27-21(17)22(23(39-27)25(30)37)33-26(38)20-13(2)34-36(15(20)4)16-9-7-6-8-10-16/h6-12,24H,5H2,1-4H3,(H2,30,37)(H,33,38). The molecule has 1 aromatic carbocycles. The molecule has 5 rings (SSSR count). The molecule has 4 aromatic heterocycles. The predicted octanol–water partition coefficient (Wildman–Crippen LogP) is 5.58. The Bertz CT molecular complexity index is 1740. The minimum absolute atomic E-state index is 0.00445. The first kappa shape index (κ1) is 26.2. The van der Waals surface area contributed by atoms with E-state index < -0.39 is 23.9 Å². The molecule has 0 saturated carbocycles. The van der Waals surface area contributed by atoms with E-state index >= 15 is 0 Å². The Morgan fingerprint density at radius 1 is 1.10 bits per heavy atom. The molecule has 12 heteroatoms. The summed E-state index contributed by atoms with van der Waals surface area (Å²) in [5, 5.41) is 12.1. The van der Waals surface area contributed by atoms with Gasteiger partial charge in [-0.05, 0) is 51.5 Å². The van der Waals surface area contributed by atoms with Crippen molar-refractivity contribution in [3.05, 3.63) is 75.8 Å². The SMILES string of the molecule is CCn1ncc(-c2cc(C(F)F)nc3sc(C(N)=O)c(NC(=O)c4c(C)nn(-c5ccccc5)c4C)c23)c1C. The number of carbonyl (C=O) groups is 2. The number of fused-ring (bicyclic) bond motifs is 1. The Morgan fingerprint density at radius 3 is 2.44 bits per heavy atom. The lowest BCUT2D eigenvalue weighted by atomic mass is 10.0. The van der Waals surface area contributed by atoms with Crippen LogP contribution in [-0.4, -0.2) is 36.4 Å². The van der Waals surface area contributed by atoms with Crippen molar-refractivity contribution in [2.75, 3.05) is 5.32 Å². The lowest BCUT2D eigenvalue weighted by Crippen LogP contribution is -2.18. The number of pyridine rings is 1. The fraction of sp³-hybridized carbons (Fsp3) is 0.222. The lowest BCUT2D eigenvalue weighted by Gasteiger charge is -2.11. The van der Waals surface area contributed by atoms with Gasteiger partial charge in [-0.25, -0.2) is 18.4 Å². The quantitative estimate of drug-likeness (QED) is 0.275. The number of thiophene rings is 1. The normalized spacial score (nSPS) is 11.5. The number of carbonyl (C=O) groups excluding carboxylic acids is 2. The van der Waals surface area contributed by atoms with E-state index in [4.69, 9.17) is 5.73 Å². The number of nitrogens with one attached hydrogen (secondary N) is 1. The van der Waals surface area contributed by atoms with Crippen molar-refractivity contribution in [3.63, 3.8) is 0 Å². The largest absolute Gasteiger partial charge is 0.365 e. The van der Waals surface area contributed by atoms with Gasteiger partial charge in [0.1, 0.15) is 15.4 Å². The summed E-state index contributed by atoms with van der Waals surface area (Å²) < 4.78 is 31.1. The van der Waals surface area contributed by atoms with Gasteiger partial charge in [0.25, 0.3) is 18.2 Å². The number of hydrogen-bond donors (Lipinski definition) is 2. The van der Waals surface area contributed by atoms with E-state index in [2.05, 4.69) is 20.5 Å². The summed E-state index contributed by atoms with van der Waals surface area (Å²) in [4.78, 5) is 30.4. The number of aromatic nitrogens is 5. The van der Waals surface area contributed by atoms with Crippen molar-refractivity contribution in [1.82, 2.24) is 24.5 Å². The van der Waals surface area contributed by atoms with E-state index in [1.165, 1.54) is 6.07 Å². The average Bonchev–Trinajstić information content (AvgIpc) is 3.56. The molecular formula is C27H25F2N7O2S. The van der Waals surface area contributed by atoms with Crippen LogP contribution in [0.5, 0.6) is 0 Å². The molecule has 2 amide bonds. The van der Waals surface area contributed by atoms with Gasteiger partial charge in [-0.3, -0.25) is 14.3 Å². The van der Waals surface area contributed by atoms with Gasteiger partial charge in [0.05, 0.1) is 34.5 Å². The zero-order valence-corrected chi connectivity index (χ0v) is 22.4. The molecule has 0 aliphatic heterocycles. The molecule has 4 heterocycles. The fourth-order valence-electron chi connectivity index (χ4n) is 4.73. The second-order valence-corrected chi connectivity index (χ2v) is 9.95. The van der Waals surface area contributed by atoms with Crippen LogP contribution < -0.4 is 11.1 Å². The first-order valence-corrected chi connectivity index (χ1v) is 12.9. The van der Waals surface area contributed by atoms with Gasteiger partial charge in [-0.15, -0.1) is 11.3 Å². The van der Waals surface area contributed by atoms with E-state index in [1.807, 2.05) is 44.2 Å². The lowest BCUT2D eigenvalue weighted by molar-refractivity contribution is 0.100. The second kappa shape index (κ2) is 10.0. The van der Waals surface area contributed by atoms with E-state index in [-0.39, 0.29) is 15.4 Å². The minimum atomic E-state index is -2.85. The number of nitrogens with two attached hydrogens (primary N) is 1. The van der Waals surface area contributed by atoms with Gasteiger partial charge < -0.3 is 11.1 Å². The van der Waals surface area contributed by atoms with E-state index in [0.29, 0.717) is 40.0 Å². The number of primary amides is 1. The molecular weight excluding hydrogens is 524 g/mol. The summed E-state index contributed by atoms with van der Waals surface area (Å²) >= 11 is 0.857. The number of para-hydroxylation sites is 1. The highest BCUT2D eigenvalue weighted by atomic mass is 32.1. The van der Waals surface area contributed by atoms with Crippen LogP contribution in [0.4, 0.5) is 14.5 Å². The van der Waals surface area contributed by atoms with Crippen LogP contribution in [0.2, 0.25) is 0 Å². The zero-order valence-electron chi connectivity index (χ0n) is 21.6. The van der Waals surface area contributed by atoms with E-state index in [1.54, 1.807) is 29.4 Å². The van der Waals surface area contributed by atoms with Crippen molar-refractivity contribution in [1.29, 1.82) is 0 Å². The maximum atomic E-state index is 13.8. The smallest absolute Gasteiger partial charge is 0.280 e. The number of nitrogens with zero attached hydrogens (tertiary/aromatic N) is 5. The summed E-state index contributed by atoms with van der Waals surface area (Å²) in [6.45, 7) is 7.80. The molecule has 200 valence electrons. The summed E-state index contributed by atoms with van der Waals surface area (Å²) in [5.41, 5.74) is 9.23. The molecule has 0 fully saturated rings. The van der Waals surface area contributed by atoms with Crippen molar-refractivity contribution in [3.8, 4) is 16.8 Å². The van der Waals surface area contributed by atoms with Crippen molar-refractivity contribution in [2.24, 2.45) is 5.73 Å². The van der Waals surface area contributed by atoms with Gasteiger partial charge in [-0.1, -0.05) is 18.2 Å². The van der Waals surface area contributed by atoms with Gasteiger partial charge >= 0.3 is 0 Å². The molecule has 0 spiro atoms. The predicted molar refractivity (Wildman–Crippen MR) is 146 cm³/mol. The number of alkyl halides is 2. The van der Waals surface area contributed by atoms with Crippen molar-refractivity contribution < 1.29 is 18.4 Å². The summed E-state index contributed by atoms with van der Waals surface area (Å²) in [7, 11) is 0. The Morgan fingerprint density at radius 2 is 1.82 bits per heavy atom. The van der Waals surface area contributed by atoms with Crippen molar-refractivity contribution >= 4 is 39.1 Å². The molecule has 9 nitrogen and oxygen atoms in total. The molecule has 0 radical (unpaired) electrons. The van der Waals surface area contributed by atoms with Gasteiger partial charge in [0, 0.05) is 23.2 Å². The highest BCUT2D eigenvalue weighted by Crippen LogP contribution is 2.43. The topological polar surface area (TPSA) is 121 Å². The third-order valence-corrected chi connectivity index (χ3v) is 7.68. The molecule has 5 aromatic rings. The van der Waals surface area contributed by atoms with E-state index in [9.17, 15) is 18.4 Å². The summed E-state index contributed by atoms with van der Waals surface area (Å²) in [6, 6.07) is 10.6. The van der Waals surface area contributed by atoms with Crippen LogP contribution in [0.15, 0.2) is 42.6 Å². The number of amides is 2. The highest BCUT2D eigenvalue weighted by molar-refractivity contribution is 7.21. The Labute approximate surface area is 226 Å². The Kier molecular flexibility index (Phi) is 6.73. The third kappa shape index (κ3) is 4.46. The van der Waals surface area contributed by atoms with Crippen LogP contribution in [0.3, 0.4) is 0 Å². The molecule has 0 aliphatic carbocycles. The molecule has 0 atom stereocenters. The minimum Gasteiger partial charge on any atom is -0.365 e. The number of halogens is 2. The molecule has 0 saturated heterocycles. The monoisotopic (exact) mass is 549 g/mol. The molecule has 0 unspecified atom stereocenters. The Hall–Kier alpha value is -4.45. The maximum Gasteiger partial charge on any atom is 0.280 e. The molecule has 3 N–H and O–H groups in total. The zero-order chi connectivity index (χ0) is 28.0. The van der Waals surface area contributed by atoms with Crippen molar-refractivity contribution in [2.45, 2.75) is 40.7 Å². The molecule has 0 bridgehead atoms. The van der Waals surface area contributed by atoms with Crippen LogP contribution in [-0.2, 0) is 6.54 Å². The third-order valence-electron chi connectivity index (χ3n) is 6.58. The second-order valence-electron chi connectivity index (χ2n) is 8.95.